The summed E-state index contributed by atoms with van der Waals surface area (Å²) in [6, 6.07) is 0. The first kappa shape index (κ1) is 14.9. The summed E-state index contributed by atoms with van der Waals surface area (Å²) < 4.78 is 5.07. The summed E-state index contributed by atoms with van der Waals surface area (Å²) in [5, 5.41) is 0. The summed E-state index contributed by atoms with van der Waals surface area (Å²) >= 11 is 0. The maximum absolute atomic E-state index is 5.07. The number of nitrogens with zero attached hydrogens (tertiary/aromatic N) is 1. The molecule has 0 unspecified atom stereocenters. The second-order valence-corrected chi connectivity index (χ2v) is 11.4. The molecule has 0 rings (SSSR count). The predicted molar refractivity (Wildman–Crippen MR) is 74.4 cm³/mol. The van der Waals surface area contributed by atoms with E-state index >= 15 is 0 Å². The molecular weight excluding hydrogens is 198 g/mol. The minimum Gasteiger partial charge on any atom is -0.332 e. The van der Waals surface area contributed by atoms with E-state index in [1.807, 2.05) is 0 Å². The highest BCUT2D eigenvalue weighted by Gasteiger charge is 2.42. The van der Waals surface area contributed by atoms with Crippen LogP contribution in [0, 0.1) is 5.92 Å². The summed E-state index contributed by atoms with van der Waals surface area (Å²) in [6.07, 6.45) is 2.19. The molecule has 0 radical (unpaired) electrons. The van der Waals surface area contributed by atoms with Crippen LogP contribution in [-0.2, 0) is 0 Å². The predicted octanol–water partition coefficient (Wildman–Crippen LogP) is 4.89. The van der Waals surface area contributed by atoms with Gasteiger partial charge in [0.2, 0.25) is 0 Å². The smallest absolute Gasteiger partial charge is 0.188 e. The average molecular weight is 227 g/mol. The lowest BCUT2D eigenvalue weighted by molar-refractivity contribution is 0.806. The van der Waals surface area contributed by atoms with Crippen molar-refractivity contribution < 1.29 is 0 Å². The molecule has 0 aromatic rings. The normalized spacial score (nSPS) is 14.1. The Labute approximate surface area is 97.5 Å². The standard InChI is InChI=1S/C13H29NSi/c1-10(2)9-14-15(11(3)4,12(5)6)13(7)8/h9-13H,1-8H3/b14-9+. The molecule has 0 aliphatic rings. The van der Waals surface area contributed by atoms with E-state index in [4.69, 9.17) is 4.66 Å². The van der Waals surface area contributed by atoms with Gasteiger partial charge >= 0.3 is 0 Å². The van der Waals surface area contributed by atoms with Crippen molar-refractivity contribution in [1.29, 1.82) is 0 Å². The molecule has 90 valence electrons. The maximum atomic E-state index is 5.07. The molecule has 0 N–H and O–H groups in total. The van der Waals surface area contributed by atoms with Crippen molar-refractivity contribution in [3.05, 3.63) is 0 Å². The maximum Gasteiger partial charge on any atom is 0.188 e. The summed E-state index contributed by atoms with van der Waals surface area (Å²) in [4.78, 5) is 0. The topological polar surface area (TPSA) is 12.4 Å². The second-order valence-electron chi connectivity index (χ2n) is 5.87. The van der Waals surface area contributed by atoms with Gasteiger partial charge in [-0.15, -0.1) is 0 Å². The Morgan fingerprint density at radius 3 is 1.27 bits per heavy atom. The van der Waals surface area contributed by atoms with Crippen LogP contribution in [0.4, 0.5) is 0 Å². The molecule has 0 atom stereocenters. The van der Waals surface area contributed by atoms with E-state index in [1.165, 1.54) is 0 Å². The van der Waals surface area contributed by atoms with Crippen molar-refractivity contribution in [2.75, 3.05) is 0 Å². The molecule has 0 bridgehead atoms. The molecule has 0 heterocycles. The summed E-state index contributed by atoms with van der Waals surface area (Å²) in [5.74, 6) is 0.577. The fourth-order valence-electron chi connectivity index (χ4n) is 2.73. The van der Waals surface area contributed by atoms with Crippen LogP contribution in [0.15, 0.2) is 4.66 Å². The number of hydrogen-bond acceptors (Lipinski definition) is 1. The lowest BCUT2D eigenvalue weighted by atomic mass is 10.3. The molecule has 0 aromatic carbocycles. The SMILES string of the molecule is CC(C)/C=N/[Si](C(C)C)(C(C)C)C(C)C. The lowest BCUT2D eigenvalue weighted by Crippen LogP contribution is -2.43. The van der Waals surface area contributed by atoms with E-state index in [-0.39, 0.29) is 0 Å². The Bertz CT molecular complexity index is 183. The van der Waals surface area contributed by atoms with Gasteiger partial charge in [-0.3, -0.25) is 0 Å². The molecule has 0 spiro atoms. The van der Waals surface area contributed by atoms with Gasteiger partial charge in [-0.2, -0.15) is 0 Å². The van der Waals surface area contributed by atoms with Crippen LogP contribution in [0.2, 0.25) is 16.6 Å². The highest BCUT2D eigenvalue weighted by atomic mass is 28.3. The fraction of sp³-hybridized carbons (Fsp3) is 0.923. The monoisotopic (exact) mass is 227 g/mol. The third kappa shape index (κ3) is 3.44. The number of rotatable bonds is 5. The molecule has 0 aliphatic heterocycles. The summed E-state index contributed by atoms with van der Waals surface area (Å²) in [7, 11) is -1.52. The molecule has 2 heteroatoms. The van der Waals surface area contributed by atoms with Gasteiger partial charge in [0.1, 0.15) is 0 Å². The third-order valence-electron chi connectivity index (χ3n) is 3.37. The minimum atomic E-state index is -1.52. The lowest BCUT2D eigenvalue weighted by Gasteiger charge is -2.39. The quantitative estimate of drug-likeness (QED) is 0.468. The zero-order chi connectivity index (χ0) is 12.2. The Hall–Kier alpha value is -0.113. The van der Waals surface area contributed by atoms with E-state index in [2.05, 4.69) is 61.6 Å². The van der Waals surface area contributed by atoms with Crippen LogP contribution >= 0.6 is 0 Å². The first-order valence-corrected chi connectivity index (χ1v) is 8.48. The Morgan fingerprint density at radius 2 is 1.07 bits per heavy atom. The number of hydrogen-bond donors (Lipinski definition) is 0. The Kier molecular flexibility index (Phi) is 5.79. The Balaban J connectivity index is 5.14. The van der Waals surface area contributed by atoms with Crippen LogP contribution in [-0.4, -0.2) is 14.5 Å². The van der Waals surface area contributed by atoms with Crippen molar-refractivity contribution >= 4 is 14.5 Å². The van der Waals surface area contributed by atoms with Crippen molar-refractivity contribution in [2.45, 2.75) is 72.0 Å². The second kappa shape index (κ2) is 5.83. The summed E-state index contributed by atoms with van der Waals surface area (Å²) in [6.45, 7) is 18.5. The molecule has 0 aromatic heterocycles. The highest BCUT2D eigenvalue weighted by Crippen LogP contribution is 2.42. The minimum absolute atomic E-state index is 0.577. The first-order chi connectivity index (χ1) is 6.75. The molecular formula is C13H29NSi. The van der Waals surface area contributed by atoms with Crippen molar-refractivity contribution in [3.63, 3.8) is 0 Å². The fourth-order valence-corrected chi connectivity index (χ4v) is 8.18. The molecule has 1 nitrogen and oxygen atoms in total. The van der Waals surface area contributed by atoms with Crippen molar-refractivity contribution in [1.82, 2.24) is 0 Å². The van der Waals surface area contributed by atoms with E-state index in [9.17, 15) is 0 Å². The summed E-state index contributed by atoms with van der Waals surface area (Å²) in [5.41, 5.74) is 2.19. The molecule has 15 heavy (non-hydrogen) atoms. The van der Waals surface area contributed by atoms with Crippen LogP contribution in [0.3, 0.4) is 0 Å². The van der Waals surface area contributed by atoms with Gasteiger partial charge in [0.15, 0.2) is 8.24 Å². The van der Waals surface area contributed by atoms with E-state index < -0.39 is 8.24 Å². The van der Waals surface area contributed by atoms with E-state index in [0.717, 1.165) is 16.6 Å². The van der Waals surface area contributed by atoms with Gasteiger partial charge in [-0.1, -0.05) is 55.4 Å². The van der Waals surface area contributed by atoms with Crippen LogP contribution in [0.5, 0.6) is 0 Å². The Morgan fingerprint density at radius 1 is 0.733 bits per heavy atom. The van der Waals surface area contributed by atoms with E-state index in [0.29, 0.717) is 5.92 Å². The van der Waals surface area contributed by atoms with Gasteiger partial charge < -0.3 is 4.66 Å². The molecule has 0 saturated carbocycles. The van der Waals surface area contributed by atoms with Crippen LogP contribution in [0.25, 0.3) is 0 Å². The van der Waals surface area contributed by atoms with Crippen LogP contribution in [0.1, 0.15) is 55.4 Å². The average Bonchev–Trinajstić information content (AvgIpc) is 2.02. The van der Waals surface area contributed by atoms with Crippen molar-refractivity contribution in [3.8, 4) is 0 Å². The van der Waals surface area contributed by atoms with Gasteiger partial charge in [0, 0.05) is 0 Å². The molecule has 0 saturated heterocycles. The molecule has 0 amide bonds. The van der Waals surface area contributed by atoms with Gasteiger partial charge in [0.05, 0.1) is 0 Å². The van der Waals surface area contributed by atoms with Crippen molar-refractivity contribution in [2.24, 2.45) is 10.6 Å². The molecule has 0 fully saturated rings. The zero-order valence-electron chi connectivity index (χ0n) is 11.8. The first-order valence-electron chi connectivity index (χ1n) is 6.30. The van der Waals surface area contributed by atoms with Gasteiger partial charge in [-0.05, 0) is 28.8 Å². The highest BCUT2D eigenvalue weighted by molar-refractivity contribution is 6.82. The third-order valence-corrected chi connectivity index (χ3v) is 9.52. The zero-order valence-corrected chi connectivity index (χ0v) is 12.8. The van der Waals surface area contributed by atoms with Gasteiger partial charge in [0.25, 0.3) is 0 Å². The molecule has 0 aliphatic carbocycles. The van der Waals surface area contributed by atoms with Gasteiger partial charge in [-0.25, -0.2) is 0 Å². The van der Waals surface area contributed by atoms with E-state index in [1.54, 1.807) is 0 Å². The van der Waals surface area contributed by atoms with Crippen LogP contribution < -0.4 is 0 Å². The largest absolute Gasteiger partial charge is 0.332 e.